The highest BCUT2D eigenvalue weighted by molar-refractivity contribution is 5.97. The summed E-state index contributed by atoms with van der Waals surface area (Å²) in [6.45, 7) is 2.73. The fourth-order valence-corrected chi connectivity index (χ4v) is 2.72. The van der Waals surface area contributed by atoms with Crippen LogP contribution in [0.4, 0.5) is 5.82 Å². The number of aromatic nitrogens is 2. The van der Waals surface area contributed by atoms with Crippen LogP contribution < -0.4 is 11.1 Å². The van der Waals surface area contributed by atoms with Crippen LogP contribution in [0.25, 0.3) is 0 Å². The zero-order chi connectivity index (χ0) is 14.9. The Morgan fingerprint density at radius 3 is 2.81 bits per heavy atom. The first-order chi connectivity index (χ1) is 10.1. The molecule has 21 heavy (non-hydrogen) atoms. The number of nitrogens with two attached hydrogens (primary N) is 1. The third kappa shape index (κ3) is 2.59. The van der Waals surface area contributed by atoms with Crippen LogP contribution in [-0.2, 0) is 5.41 Å². The van der Waals surface area contributed by atoms with E-state index in [2.05, 4.69) is 34.3 Å². The van der Waals surface area contributed by atoms with Gasteiger partial charge in [0, 0.05) is 18.2 Å². The lowest BCUT2D eigenvalue weighted by molar-refractivity contribution is 0.0950. The number of amides is 1. The first kappa shape index (κ1) is 13.5. The average Bonchev–Trinajstić information content (AvgIpc) is 3.27. The number of carbonyl (C=O) groups excluding carboxylic acids is 1. The van der Waals surface area contributed by atoms with Crippen molar-refractivity contribution in [2.75, 3.05) is 12.3 Å². The number of hydrogen-bond acceptors (Lipinski definition) is 4. The summed E-state index contributed by atoms with van der Waals surface area (Å²) in [5.41, 5.74) is 8.70. The van der Waals surface area contributed by atoms with Crippen LogP contribution in [0.1, 0.15) is 34.3 Å². The van der Waals surface area contributed by atoms with E-state index in [0.717, 1.165) is 12.8 Å². The summed E-state index contributed by atoms with van der Waals surface area (Å²) in [7, 11) is 0. The SMILES string of the molecule is Cc1ccccc1C1(CNC(=O)c2cncnc2N)CC1. The molecule has 3 rings (SSSR count). The van der Waals surface area contributed by atoms with E-state index in [4.69, 9.17) is 5.73 Å². The summed E-state index contributed by atoms with van der Waals surface area (Å²) in [6, 6.07) is 8.34. The summed E-state index contributed by atoms with van der Waals surface area (Å²) < 4.78 is 0. The number of benzene rings is 1. The molecule has 1 heterocycles. The second kappa shape index (κ2) is 5.16. The lowest BCUT2D eigenvalue weighted by Crippen LogP contribution is -2.33. The summed E-state index contributed by atoms with van der Waals surface area (Å²) in [5, 5.41) is 2.97. The first-order valence-corrected chi connectivity index (χ1v) is 7.02. The molecule has 0 bridgehead atoms. The molecule has 1 aliphatic rings. The van der Waals surface area contributed by atoms with Crippen LogP contribution >= 0.6 is 0 Å². The minimum absolute atomic E-state index is 0.0748. The molecular weight excluding hydrogens is 264 g/mol. The molecule has 1 aromatic heterocycles. The van der Waals surface area contributed by atoms with Gasteiger partial charge >= 0.3 is 0 Å². The van der Waals surface area contributed by atoms with E-state index in [-0.39, 0.29) is 17.1 Å². The predicted molar refractivity (Wildman–Crippen MR) is 80.9 cm³/mol. The van der Waals surface area contributed by atoms with Gasteiger partial charge in [-0.1, -0.05) is 24.3 Å². The number of aryl methyl sites for hydroxylation is 1. The highest BCUT2D eigenvalue weighted by atomic mass is 16.1. The van der Waals surface area contributed by atoms with Crippen molar-refractivity contribution >= 4 is 11.7 Å². The first-order valence-electron chi connectivity index (χ1n) is 7.02. The third-order valence-corrected chi connectivity index (χ3v) is 4.15. The Labute approximate surface area is 123 Å². The molecule has 0 spiro atoms. The quantitative estimate of drug-likeness (QED) is 0.896. The van der Waals surface area contributed by atoms with Gasteiger partial charge in [-0.25, -0.2) is 9.97 Å². The smallest absolute Gasteiger partial charge is 0.256 e. The lowest BCUT2D eigenvalue weighted by atomic mass is 9.92. The van der Waals surface area contributed by atoms with Crippen LogP contribution in [0.3, 0.4) is 0 Å². The van der Waals surface area contributed by atoms with E-state index in [9.17, 15) is 4.79 Å². The van der Waals surface area contributed by atoms with Crippen LogP contribution in [-0.4, -0.2) is 22.4 Å². The Balaban J connectivity index is 1.72. The highest BCUT2D eigenvalue weighted by Crippen LogP contribution is 2.48. The number of hydrogen-bond donors (Lipinski definition) is 2. The summed E-state index contributed by atoms with van der Waals surface area (Å²) >= 11 is 0. The normalized spacial score (nSPS) is 15.5. The molecule has 1 fully saturated rings. The maximum Gasteiger partial charge on any atom is 0.256 e. The number of carbonyl (C=O) groups is 1. The van der Waals surface area contributed by atoms with Crippen molar-refractivity contribution in [1.29, 1.82) is 0 Å². The molecular formula is C16H18N4O. The van der Waals surface area contributed by atoms with Crippen LogP contribution in [0, 0.1) is 6.92 Å². The second-order valence-corrected chi connectivity index (χ2v) is 5.60. The number of nitrogen functional groups attached to an aromatic ring is 1. The Morgan fingerprint density at radius 1 is 1.38 bits per heavy atom. The highest BCUT2D eigenvalue weighted by Gasteiger charge is 2.45. The Morgan fingerprint density at radius 2 is 2.14 bits per heavy atom. The Kier molecular flexibility index (Phi) is 3.33. The number of nitrogens with one attached hydrogen (secondary N) is 1. The van der Waals surface area contributed by atoms with Gasteiger partial charge < -0.3 is 11.1 Å². The summed E-state index contributed by atoms with van der Waals surface area (Å²) in [4.78, 5) is 19.9. The van der Waals surface area contributed by atoms with Crippen LogP contribution in [0.5, 0.6) is 0 Å². The molecule has 2 aromatic rings. The van der Waals surface area contributed by atoms with Crippen LogP contribution in [0.15, 0.2) is 36.8 Å². The monoisotopic (exact) mass is 282 g/mol. The molecule has 0 saturated heterocycles. The number of rotatable bonds is 4. The van der Waals surface area contributed by atoms with Gasteiger partial charge in [0.15, 0.2) is 0 Å². The number of anilines is 1. The van der Waals surface area contributed by atoms with Gasteiger partial charge in [0.05, 0.1) is 5.56 Å². The molecule has 1 aromatic carbocycles. The average molecular weight is 282 g/mol. The van der Waals surface area contributed by atoms with E-state index < -0.39 is 0 Å². The summed E-state index contributed by atoms with van der Waals surface area (Å²) in [6.07, 6.45) is 4.98. The van der Waals surface area contributed by atoms with Crippen molar-refractivity contribution in [2.45, 2.75) is 25.2 Å². The van der Waals surface area contributed by atoms with Gasteiger partial charge in [-0.3, -0.25) is 4.79 Å². The van der Waals surface area contributed by atoms with Crippen molar-refractivity contribution in [3.05, 3.63) is 53.5 Å². The standard InChI is InChI=1S/C16H18N4O/c1-11-4-2-3-5-13(11)16(6-7-16)9-19-15(21)12-8-18-10-20-14(12)17/h2-5,8,10H,6-7,9H2,1H3,(H,19,21)(H2,17,18,20). The lowest BCUT2D eigenvalue weighted by Gasteiger charge is -2.19. The van der Waals surface area contributed by atoms with Gasteiger partial charge in [-0.15, -0.1) is 0 Å². The zero-order valence-corrected chi connectivity index (χ0v) is 12.0. The van der Waals surface area contributed by atoms with Gasteiger partial charge in [0.1, 0.15) is 12.1 Å². The molecule has 1 aliphatic carbocycles. The molecule has 3 N–H and O–H groups in total. The molecule has 1 amide bonds. The van der Waals surface area contributed by atoms with Gasteiger partial charge in [0.2, 0.25) is 0 Å². The Hall–Kier alpha value is -2.43. The predicted octanol–water partition coefficient (Wildman–Crippen LogP) is 1.83. The number of nitrogens with zero attached hydrogens (tertiary/aromatic N) is 2. The largest absolute Gasteiger partial charge is 0.383 e. The fourth-order valence-electron chi connectivity index (χ4n) is 2.72. The molecule has 1 saturated carbocycles. The van der Waals surface area contributed by atoms with Crippen molar-refractivity contribution in [2.24, 2.45) is 0 Å². The minimum atomic E-state index is -0.215. The van der Waals surface area contributed by atoms with E-state index in [1.54, 1.807) is 0 Å². The molecule has 5 nitrogen and oxygen atoms in total. The fraction of sp³-hybridized carbons (Fsp3) is 0.312. The molecule has 0 aliphatic heterocycles. The van der Waals surface area contributed by atoms with Crippen molar-refractivity contribution < 1.29 is 4.79 Å². The maximum atomic E-state index is 12.2. The molecule has 0 atom stereocenters. The van der Waals surface area contributed by atoms with Crippen molar-refractivity contribution in [3.63, 3.8) is 0 Å². The van der Waals surface area contributed by atoms with E-state index >= 15 is 0 Å². The zero-order valence-electron chi connectivity index (χ0n) is 12.0. The maximum absolute atomic E-state index is 12.2. The molecule has 5 heteroatoms. The van der Waals surface area contributed by atoms with Crippen molar-refractivity contribution in [1.82, 2.24) is 15.3 Å². The topological polar surface area (TPSA) is 80.9 Å². The van der Waals surface area contributed by atoms with E-state index in [1.165, 1.54) is 23.7 Å². The molecule has 0 radical (unpaired) electrons. The van der Waals surface area contributed by atoms with E-state index in [0.29, 0.717) is 12.1 Å². The Bertz CT molecular complexity index is 679. The van der Waals surface area contributed by atoms with Gasteiger partial charge in [-0.2, -0.15) is 0 Å². The summed E-state index contributed by atoms with van der Waals surface area (Å²) in [5.74, 6) is -0.00352. The minimum Gasteiger partial charge on any atom is -0.383 e. The van der Waals surface area contributed by atoms with Gasteiger partial charge in [0.25, 0.3) is 5.91 Å². The second-order valence-electron chi connectivity index (χ2n) is 5.60. The van der Waals surface area contributed by atoms with Gasteiger partial charge in [-0.05, 0) is 30.9 Å². The third-order valence-electron chi connectivity index (χ3n) is 4.15. The molecule has 108 valence electrons. The molecule has 0 unspecified atom stereocenters. The van der Waals surface area contributed by atoms with Crippen molar-refractivity contribution in [3.8, 4) is 0 Å². The van der Waals surface area contributed by atoms with E-state index in [1.807, 2.05) is 12.1 Å². The van der Waals surface area contributed by atoms with Crippen LogP contribution in [0.2, 0.25) is 0 Å².